The predicted molar refractivity (Wildman–Crippen MR) is 46.4 cm³/mol. The van der Waals surface area contributed by atoms with E-state index in [4.69, 9.17) is 15.3 Å². The minimum Gasteiger partial charge on any atom is -0.508 e. The van der Waals surface area contributed by atoms with Gasteiger partial charge in [-0.2, -0.15) is 0 Å². The Balaban J connectivity index is 2.76. The monoisotopic (exact) mass is 198 g/mol. The van der Waals surface area contributed by atoms with Crippen molar-refractivity contribution in [1.82, 2.24) is 0 Å². The molecule has 0 bridgehead atoms. The van der Waals surface area contributed by atoms with Crippen LogP contribution < -0.4 is 0 Å². The minimum absolute atomic E-state index is 0.0114. The van der Waals surface area contributed by atoms with Gasteiger partial charge in [0, 0.05) is 6.92 Å². The fraction of sp³-hybridized carbons (Fsp3) is 0.222. The highest BCUT2D eigenvalue weighted by Crippen LogP contribution is 2.12. The summed E-state index contributed by atoms with van der Waals surface area (Å²) in [6.45, 7) is 0.922. The smallest absolute Gasteiger partial charge is 0.342 e. The van der Waals surface area contributed by atoms with Crippen molar-refractivity contribution in [1.29, 1.82) is 0 Å². The van der Waals surface area contributed by atoms with E-state index in [0.29, 0.717) is 0 Å². The van der Waals surface area contributed by atoms with Gasteiger partial charge in [-0.3, -0.25) is 0 Å². The first-order valence-electron chi connectivity index (χ1n) is 3.85. The maximum atomic E-state index is 11.1. The maximum absolute atomic E-state index is 11.1. The zero-order valence-corrected chi connectivity index (χ0v) is 7.47. The number of aromatic hydroxyl groups is 1. The van der Waals surface area contributed by atoms with Crippen molar-refractivity contribution in [3.8, 4) is 5.75 Å². The number of carbonyl (C=O) groups excluding carboxylic acids is 1. The van der Waals surface area contributed by atoms with E-state index in [9.17, 15) is 4.79 Å². The standard InChI is InChI=1S/C9H10O5/c1-9(12,13)14-8(11)6-2-4-7(10)5-3-6/h2-5,10,12-13H,1H3. The van der Waals surface area contributed by atoms with Crippen molar-refractivity contribution in [3.63, 3.8) is 0 Å². The molecule has 0 aromatic heterocycles. The number of carbonyl (C=O) groups is 1. The second kappa shape index (κ2) is 3.65. The number of aliphatic hydroxyl groups is 2. The molecule has 3 N–H and O–H groups in total. The third-order valence-corrected chi connectivity index (χ3v) is 1.39. The lowest BCUT2D eigenvalue weighted by molar-refractivity contribution is -0.293. The quantitative estimate of drug-likeness (QED) is 0.467. The molecule has 1 rings (SSSR count). The summed E-state index contributed by atoms with van der Waals surface area (Å²) in [4.78, 5) is 11.1. The third kappa shape index (κ3) is 3.04. The maximum Gasteiger partial charge on any atom is 0.342 e. The highest BCUT2D eigenvalue weighted by atomic mass is 16.8. The first-order chi connectivity index (χ1) is 6.38. The van der Waals surface area contributed by atoms with E-state index in [-0.39, 0.29) is 11.3 Å². The van der Waals surface area contributed by atoms with Crippen LogP contribution in [0.15, 0.2) is 24.3 Å². The van der Waals surface area contributed by atoms with Gasteiger partial charge in [-0.1, -0.05) is 0 Å². The molecular formula is C9H10O5. The van der Waals surface area contributed by atoms with Gasteiger partial charge in [0.2, 0.25) is 0 Å². The van der Waals surface area contributed by atoms with Crippen molar-refractivity contribution in [2.45, 2.75) is 12.9 Å². The number of phenolic OH excluding ortho intramolecular Hbond substituents is 1. The van der Waals surface area contributed by atoms with Crippen LogP contribution in [0.1, 0.15) is 17.3 Å². The van der Waals surface area contributed by atoms with Gasteiger partial charge in [-0.15, -0.1) is 0 Å². The van der Waals surface area contributed by atoms with Crippen molar-refractivity contribution in [2.24, 2.45) is 0 Å². The highest BCUT2D eigenvalue weighted by Gasteiger charge is 2.21. The van der Waals surface area contributed by atoms with E-state index >= 15 is 0 Å². The molecule has 0 radical (unpaired) electrons. The summed E-state index contributed by atoms with van der Waals surface area (Å²) in [7, 11) is 0. The largest absolute Gasteiger partial charge is 0.508 e. The van der Waals surface area contributed by atoms with Crippen molar-refractivity contribution < 1.29 is 24.9 Å². The van der Waals surface area contributed by atoms with Gasteiger partial charge < -0.3 is 20.1 Å². The molecule has 5 nitrogen and oxygen atoms in total. The van der Waals surface area contributed by atoms with E-state index < -0.39 is 11.9 Å². The molecular weight excluding hydrogens is 188 g/mol. The second-order valence-electron chi connectivity index (χ2n) is 2.87. The molecule has 1 aromatic rings. The molecule has 0 aliphatic heterocycles. The summed E-state index contributed by atoms with van der Waals surface area (Å²) in [5.41, 5.74) is 0.122. The first-order valence-corrected chi connectivity index (χ1v) is 3.85. The van der Waals surface area contributed by atoms with E-state index in [0.717, 1.165) is 6.92 Å². The van der Waals surface area contributed by atoms with Crippen LogP contribution in [0.25, 0.3) is 0 Å². The number of hydrogen-bond acceptors (Lipinski definition) is 5. The number of ether oxygens (including phenoxy) is 1. The molecule has 0 unspecified atom stereocenters. The molecule has 0 atom stereocenters. The number of phenols is 1. The molecule has 0 spiro atoms. The van der Waals surface area contributed by atoms with Crippen LogP contribution in [0.3, 0.4) is 0 Å². The molecule has 14 heavy (non-hydrogen) atoms. The van der Waals surface area contributed by atoms with Gasteiger partial charge in [0.25, 0.3) is 0 Å². The van der Waals surface area contributed by atoms with Crippen molar-refractivity contribution in [2.75, 3.05) is 0 Å². The Kier molecular flexibility index (Phi) is 2.73. The molecule has 0 fully saturated rings. The van der Waals surface area contributed by atoms with Crippen LogP contribution in [-0.4, -0.2) is 27.3 Å². The van der Waals surface area contributed by atoms with Crippen molar-refractivity contribution in [3.05, 3.63) is 29.8 Å². The number of esters is 1. The van der Waals surface area contributed by atoms with Gasteiger partial charge in [0.1, 0.15) is 5.75 Å². The van der Waals surface area contributed by atoms with Crippen LogP contribution >= 0.6 is 0 Å². The molecule has 1 aromatic carbocycles. The SMILES string of the molecule is CC(O)(O)OC(=O)c1ccc(O)cc1. The molecule has 0 aliphatic rings. The van der Waals surface area contributed by atoms with E-state index in [1.165, 1.54) is 24.3 Å². The van der Waals surface area contributed by atoms with Crippen LogP contribution in [0, 0.1) is 0 Å². The number of rotatable bonds is 2. The third-order valence-electron chi connectivity index (χ3n) is 1.39. The van der Waals surface area contributed by atoms with E-state index in [2.05, 4.69) is 4.74 Å². The van der Waals surface area contributed by atoms with Gasteiger partial charge in [0.15, 0.2) is 0 Å². The highest BCUT2D eigenvalue weighted by molar-refractivity contribution is 5.89. The van der Waals surface area contributed by atoms with Gasteiger partial charge in [-0.05, 0) is 24.3 Å². The van der Waals surface area contributed by atoms with Gasteiger partial charge in [-0.25, -0.2) is 4.79 Å². The normalized spacial score (nSPS) is 11.1. The average molecular weight is 198 g/mol. The Morgan fingerprint density at radius 3 is 2.21 bits per heavy atom. The topological polar surface area (TPSA) is 87.0 Å². The van der Waals surface area contributed by atoms with Crippen LogP contribution in [-0.2, 0) is 4.74 Å². The van der Waals surface area contributed by atoms with Crippen LogP contribution in [0.4, 0.5) is 0 Å². The van der Waals surface area contributed by atoms with E-state index in [1.54, 1.807) is 0 Å². The zero-order chi connectivity index (χ0) is 10.8. The lowest BCUT2D eigenvalue weighted by atomic mass is 10.2. The van der Waals surface area contributed by atoms with Crippen molar-refractivity contribution >= 4 is 5.97 Å². The Morgan fingerprint density at radius 1 is 1.29 bits per heavy atom. The Bertz CT molecular complexity index is 322. The van der Waals surface area contributed by atoms with Crippen LogP contribution in [0.2, 0.25) is 0 Å². The predicted octanol–water partition coefficient (Wildman–Crippen LogP) is 0.207. The number of benzene rings is 1. The lowest BCUT2D eigenvalue weighted by Crippen LogP contribution is -2.30. The Morgan fingerprint density at radius 2 is 1.79 bits per heavy atom. The fourth-order valence-corrected chi connectivity index (χ4v) is 0.832. The summed E-state index contributed by atoms with van der Waals surface area (Å²) < 4.78 is 4.25. The van der Waals surface area contributed by atoms with Gasteiger partial charge >= 0.3 is 11.9 Å². The molecule has 0 saturated heterocycles. The molecule has 0 saturated carbocycles. The lowest BCUT2D eigenvalue weighted by Gasteiger charge is -2.15. The Hall–Kier alpha value is -1.59. The second-order valence-corrected chi connectivity index (χ2v) is 2.87. The molecule has 0 aliphatic carbocycles. The molecule has 76 valence electrons. The summed E-state index contributed by atoms with van der Waals surface area (Å²) in [5, 5.41) is 26.5. The summed E-state index contributed by atoms with van der Waals surface area (Å²) >= 11 is 0. The summed E-state index contributed by atoms with van der Waals surface area (Å²) in [5.74, 6) is -3.36. The fourth-order valence-electron chi connectivity index (χ4n) is 0.832. The minimum atomic E-state index is -2.49. The van der Waals surface area contributed by atoms with Gasteiger partial charge in [0.05, 0.1) is 5.56 Å². The first kappa shape index (κ1) is 10.5. The average Bonchev–Trinajstić information content (AvgIpc) is 2.02. The van der Waals surface area contributed by atoms with Crippen LogP contribution in [0.5, 0.6) is 5.75 Å². The number of hydrogen-bond donors (Lipinski definition) is 3. The molecule has 0 heterocycles. The molecule has 5 heteroatoms. The zero-order valence-electron chi connectivity index (χ0n) is 7.47. The summed E-state index contributed by atoms with van der Waals surface area (Å²) in [6.07, 6.45) is 0. The summed E-state index contributed by atoms with van der Waals surface area (Å²) in [6, 6.07) is 5.21. The molecule has 0 amide bonds. The van der Waals surface area contributed by atoms with E-state index in [1.807, 2.05) is 0 Å². The Labute approximate surface area is 80.2 Å².